The van der Waals surface area contributed by atoms with Crippen molar-refractivity contribution in [2.45, 2.75) is 13.0 Å². The van der Waals surface area contributed by atoms with Gasteiger partial charge in [0.1, 0.15) is 0 Å². The van der Waals surface area contributed by atoms with E-state index in [1.165, 1.54) is 22.6 Å². The maximum absolute atomic E-state index is 13.2. The van der Waals surface area contributed by atoms with Gasteiger partial charge in [-0.3, -0.25) is 9.59 Å². The van der Waals surface area contributed by atoms with Crippen LogP contribution in [0.3, 0.4) is 0 Å². The lowest BCUT2D eigenvalue weighted by Gasteiger charge is -2.27. The molecular weight excluding hydrogens is 462 g/mol. The standard InChI is InChI=1S/C23H18BrN3O2S/c24-18-7-2-6-16-17-13-27(10-9-19(17)26-21(16)18)23(29)14-4-1-5-15(12-14)25-22(28)20-8-3-11-30-20/h1-8,11-12,26H,9-10,13H2,(H,25,28). The fourth-order valence-corrected chi connectivity index (χ4v) is 4.97. The summed E-state index contributed by atoms with van der Waals surface area (Å²) in [5, 5.41) is 5.89. The van der Waals surface area contributed by atoms with Crippen molar-refractivity contribution in [1.82, 2.24) is 9.88 Å². The number of nitrogens with one attached hydrogen (secondary N) is 2. The van der Waals surface area contributed by atoms with Crippen LogP contribution in [0.2, 0.25) is 0 Å². The van der Waals surface area contributed by atoms with E-state index < -0.39 is 0 Å². The number of rotatable bonds is 3. The molecule has 150 valence electrons. The van der Waals surface area contributed by atoms with Crippen molar-refractivity contribution in [3.05, 3.63) is 86.1 Å². The minimum absolute atomic E-state index is 0.0304. The number of thiophene rings is 1. The summed E-state index contributed by atoms with van der Waals surface area (Å²) in [6.07, 6.45) is 0.789. The molecule has 7 heteroatoms. The molecule has 0 atom stereocenters. The molecular formula is C23H18BrN3O2S. The van der Waals surface area contributed by atoms with Gasteiger partial charge in [0.25, 0.3) is 11.8 Å². The molecule has 2 aromatic carbocycles. The highest BCUT2D eigenvalue weighted by Crippen LogP contribution is 2.32. The van der Waals surface area contributed by atoms with E-state index in [1.807, 2.05) is 28.5 Å². The molecule has 1 aliphatic heterocycles. The molecule has 5 rings (SSSR count). The Morgan fingerprint density at radius 3 is 2.80 bits per heavy atom. The normalized spacial score (nSPS) is 13.3. The average Bonchev–Trinajstić information content (AvgIpc) is 3.42. The Morgan fingerprint density at radius 2 is 1.97 bits per heavy atom. The number of hydrogen-bond acceptors (Lipinski definition) is 3. The predicted molar refractivity (Wildman–Crippen MR) is 123 cm³/mol. The summed E-state index contributed by atoms with van der Waals surface area (Å²) in [7, 11) is 0. The molecule has 1 aliphatic rings. The van der Waals surface area contributed by atoms with Gasteiger partial charge in [-0.2, -0.15) is 0 Å². The lowest BCUT2D eigenvalue weighted by Crippen LogP contribution is -2.35. The number of carbonyl (C=O) groups is 2. The molecule has 0 fully saturated rings. The van der Waals surface area contributed by atoms with Crippen LogP contribution in [0.1, 0.15) is 31.3 Å². The number of nitrogens with zero attached hydrogens (tertiary/aromatic N) is 1. The predicted octanol–water partition coefficient (Wildman–Crippen LogP) is 5.44. The number of aromatic amines is 1. The number of para-hydroxylation sites is 1. The summed E-state index contributed by atoms with van der Waals surface area (Å²) in [6.45, 7) is 1.22. The number of halogens is 1. The number of carbonyl (C=O) groups excluding carboxylic acids is 2. The van der Waals surface area contributed by atoms with E-state index in [2.05, 4.69) is 32.3 Å². The summed E-state index contributed by atoms with van der Waals surface area (Å²) < 4.78 is 1.03. The number of aromatic nitrogens is 1. The Hall–Kier alpha value is -2.90. The van der Waals surface area contributed by atoms with Crippen LogP contribution in [0.4, 0.5) is 5.69 Å². The SMILES string of the molecule is O=C(Nc1cccc(C(=O)N2CCc3[nH]c4c(Br)cccc4c3C2)c1)c1cccs1. The van der Waals surface area contributed by atoms with Crippen LogP contribution in [0.25, 0.3) is 10.9 Å². The van der Waals surface area contributed by atoms with Gasteiger partial charge in [0.05, 0.1) is 10.4 Å². The van der Waals surface area contributed by atoms with Crippen LogP contribution < -0.4 is 5.32 Å². The third-order valence-electron chi connectivity index (χ3n) is 5.36. The zero-order valence-electron chi connectivity index (χ0n) is 15.9. The first-order valence-electron chi connectivity index (χ1n) is 9.62. The summed E-state index contributed by atoms with van der Waals surface area (Å²) >= 11 is 4.99. The number of hydrogen-bond donors (Lipinski definition) is 2. The van der Waals surface area contributed by atoms with E-state index in [-0.39, 0.29) is 11.8 Å². The molecule has 30 heavy (non-hydrogen) atoms. The highest BCUT2D eigenvalue weighted by atomic mass is 79.9. The van der Waals surface area contributed by atoms with Gasteiger partial charge < -0.3 is 15.2 Å². The van der Waals surface area contributed by atoms with Crippen molar-refractivity contribution < 1.29 is 9.59 Å². The van der Waals surface area contributed by atoms with Gasteiger partial charge in [-0.15, -0.1) is 11.3 Å². The van der Waals surface area contributed by atoms with E-state index in [9.17, 15) is 9.59 Å². The van der Waals surface area contributed by atoms with Crippen LogP contribution in [-0.2, 0) is 13.0 Å². The first-order chi connectivity index (χ1) is 14.6. The van der Waals surface area contributed by atoms with Gasteiger partial charge >= 0.3 is 0 Å². The average molecular weight is 480 g/mol. The lowest BCUT2D eigenvalue weighted by molar-refractivity contribution is 0.0735. The number of fused-ring (bicyclic) bond motifs is 3. The van der Waals surface area contributed by atoms with Crippen molar-refractivity contribution >= 4 is 55.7 Å². The molecule has 0 aliphatic carbocycles. The van der Waals surface area contributed by atoms with E-state index in [0.29, 0.717) is 29.2 Å². The summed E-state index contributed by atoms with van der Waals surface area (Å²) in [5.41, 5.74) is 4.64. The molecule has 0 spiro atoms. The highest BCUT2D eigenvalue weighted by Gasteiger charge is 2.25. The highest BCUT2D eigenvalue weighted by molar-refractivity contribution is 9.10. The van der Waals surface area contributed by atoms with Crippen molar-refractivity contribution in [1.29, 1.82) is 0 Å². The van der Waals surface area contributed by atoms with Crippen LogP contribution >= 0.6 is 27.3 Å². The van der Waals surface area contributed by atoms with Crippen LogP contribution in [0.15, 0.2) is 64.5 Å². The van der Waals surface area contributed by atoms with Crippen LogP contribution in [0, 0.1) is 0 Å². The second-order valence-corrected chi connectivity index (χ2v) is 9.04. The minimum atomic E-state index is -0.165. The first-order valence-corrected chi connectivity index (χ1v) is 11.3. The van der Waals surface area contributed by atoms with Gasteiger partial charge in [-0.1, -0.05) is 24.3 Å². The molecule has 3 heterocycles. The van der Waals surface area contributed by atoms with Crippen molar-refractivity contribution in [3.8, 4) is 0 Å². The second-order valence-electron chi connectivity index (χ2n) is 7.23. The maximum Gasteiger partial charge on any atom is 0.265 e. The molecule has 0 unspecified atom stereocenters. The molecule has 5 nitrogen and oxygen atoms in total. The third-order valence-corrected chi connectivity index (χ3v) is 6.89. The Bertz CT molecular complexity index is 1260. The Morgan fingerprint density at radius 1 is 1.10 bits per heavy atom. The molecule has 0 bridgehead atoms. The van der Waals surface area contributed by atoms with Gasteiger partial charge in [-0.05, 0) is 51.6 Å². The second kappa shape index (κ2) is 7.74. The zero-order valence-corrected chi connectivity index (χ0v) is 18.3. The number of benzene rings is 2. The topological polar surface area (TPSA) is 65.2 Å². The molecule has 0 saturated heterocycles. The van der Waals surface area contributed by atoms with E-state index >= 15 is 0 Å². The smallest absolute Gasteiger partial charge is 0.265 e. The monoisotopic (exact) mass is 479 g/mol. The van der Waals surface area contributed by atoms with Crippen LogP contribution in [-0.4, -0.2) is 28.2 Å². The van der Waals surface area contributed by atoms with Gasteiger partial charge in [-0.25, -0.2) is 0 Å². The Labute approximate surface area is 185 Å². The van der Waals surface area contributed by atoms with E-state index in [0.717, 1.165) is 21.8 Å². The van der Waals surface area contributed by atoms with E-state index in [1.54, 1.807) is 30.3 Å². The molecule has 4 aromatic rings. The largest absolute Gasteiger partial charge is 0.357 e. The Kier molecular flexibility index (Phi) is 4.92. The van der Waals surface area contributed by atoms with Crippen LogP contribution in [0.5, 0.6) is 0 Å². The fourth-order valence-electron chi connectivity index (χ4n) is 3.89. The summed E-state index contributed by atoms with van der Waals surface area (Å²) in [6, 6.07) is 16.9. The Balaban J connectivity index is 1.37. The quantitative estimate of drug-likeness (QED) is 0.410. The maximum atomic E-state index is 13.2. The molecule has 0 radical (unpaired) electrons. The van der Waals surface area contributed by atoms with Gasteiger partial charge in [0.2, 0.25) is 0 Å². The van der Waals surface area contributed by atoms with Crippen molar-refractivity contribution in [2.75, 3.05) is 11.9 Å². The zero-order chi connectivity index (χ0) is 20.7. The molecule has 2 N–H and O–H groups in total. The molecule has 0 saturated carbocycles. The van der Waals surface area contributed by atoms with Gasteiger partial charge in [0, 0.05) is 51.9 Å². The third kappa shape index (κ3) is 3.44. The molecule has 2 aromatic heterocycles. The lowest BCUT2D eigenvalue weighted by atomic mass is 10.0. The van der Waals surface area contributed by atoms with E-state index in [4.69, 9.17) is 0 Å². The fraction of sp³-hybridized carbons (Fsp3) is 0.130. The summed E-state index contributed by atoms with van der Waals surface area (Å²) in [4.78, 5) is 31.5. The summed E-state index contributed by atoms with van der Waals surface area (Å²) in [5.74, 6) is -0.196. The van der Waals surface area contributed by atoms with Gasteiger partial charge in [0.15, 0.2) is 0 Å². The molecule has 2 amide bonds. The number of H-pyrrole nitrogens is 1. The number of anilines is 1. The van der Waals surface area contributed by atoms with Crippen molar-refractivity contribution in [3.63, 3.8) is 0 Å². The van der Waals surface area contributed by atoms with Crippen molar-refractivity contribution in [2.24, 2.45) is 0 Å². The number of amides is 2. The minimum Gasteiger partial charge on any atom is -0.357 e. The first kappa shape index (κ1) is 19.1.